The van der Waals surface area contributed by atoms with Crippen molar-refractivity contribution in [1.82, 2.24) is 5.32 Å². The molecule has 1 rings (SSSR count). The molecule has 0 aliphatic rings. The van der Waals surface area contributed by atoms with Crippen LogP contribution in [0.15, 0.2) is 12.1 Å². The van der Waals surface area contributed by atoms with E-state index in [1.165, 1.54) is 103 Å². The van der Waals surface area contributed by atoms with Gasteiger partial charge >= 0.3 is 18.0 Å². The number of carboxylic acids is 1. The van der Waals surface area contributed by atoms with Crippen LogP contribution in [0.5, 0.6) is 11.5 Å². The van der Waals surface area contributed by atoms with E-state index in [0.717, 1.165) is 19.3 Å². The number of alkyl carbamates (subject to hydrolysis) is 1. The van der Waals surface area contributed by atoms with Gasteiger partial charge in [0.25, 0.3) is 5.69 Å². The second kappa shape index (κ2) is 27.4. The molecule has 0 aliphatic carbocycles. The minimum absolute atomic E-state index is 0.00767. The number of methoxy groups -OCH3 is 1. The number of nitro groups is 1. The molecule has 12 nitrogen and oxygen atoms in total. The Kier molecular flexibility index (Phi) is 24.2. The van der Waals surface area contributed by atoms with E-state index >= 15 is 0 Å². The van der Waals surface area contributed by atoms with Crippen LogP contribution in [0.3, 0.4) is 0 Å². The molecule has 0 aromatic heterocycles. The van der Waals surface area contributed by atoms with Gasteiger partial charge in [-0.25, -0.2) is 4.79 Å². The highest BCUT2D eigenvalue weighted by atomic mass is 16.6. The summed E-state index contributed by atoms with van der Waals surface area (Å²) in [4.78, 5) is 46.1. The first-order valence-corrected chi connectivity index (χ1v) is 18.0. The van der Waals surface area contributed by atoms with Gasteiger partial charge in [-0.1, -0.05) is 103 Å². The maximum atomic E-state index is 12.2. The van der Waals surface area contributed by atoms with Crippen molar-refractivity contribution in [2.24, 2.45) is 0 Å². The molecule has 0 fully saturated rings. The van der Waals surface area contributed by atoms with Crippen molar-refractivity contribution < 1.29 is 43.4 Å². The van der Waals surface area contributed by atoms with Gasteiger partial charge in [-0.15, -0.1) is 0 Å². The number of unbranched alkanes of at least 4 members (excludes halogenated alkanes) is 16. The van der Waals surface area contributed by atoms with E-state index < -0.39 is 23.1 Å². The standard InChI is InChI=1S/C36H60N2O10/c1-4-5-6-7-8-9-10-11-12-13-14-15-16-17-20-23-35(41)47-26-25-46-33-28-31(38(43)44)30(27-32(33)45-3)29(2)48-36(42)37-24-21-18-19-22-34(39)40/h27-29H,4-26H2,1-3H3,(H,37,42)(H,39,40). The van der Waals surface area contributed by atoms with Crippen LogP contribution in [0.1, 0.15) is 154 Å². The average Bonchev–Trinajstić information content (AvgIpc) is 3.05. The number of nitrogens with one attached hydrogen (secondary N) is 1. The van der Waals surface area contributed by atoms with Crippen molar-refractivity contribution in [3.63, 3.8) is 0 Å². The molecule has 1 amide bonds. The van der Waals surface area contributed by atoms with Crippen molar-refractivity contribution in [3.8, 4) is 11.5 Å². The Hall–Kier alpha value is -3.57. The predicted octanol–water partition coefficient (Wildman–Crippen LogP) is 9.22. The third-order valence-corrected chi connectivity index (χ3v) is 8.16. The van der Waals surface area contributed by atoms with Gasteiger partial charge in [0.2, 0.25) is 0 Å². The highest BCUT2D eigenvalue weighted by Gasteiger charge is 2.26. The number of rotatable bonds is 30. The number of ether oxygens (including phenoxy) is 4. The number of hydrogen-bond donors (Lipinski definition) is 2. The molecule has 1 atom stereocenters. The topological polar surface area (TPSA) is 164 Å². The van der Waals surface area contributed by atoms with Gasteiger partial charge in [0.15, 0.2) is 11.5 Å². The Morgan fingerprint density at radius 3 is 1.88 bits per heavy atom. The van der Waals surface area contributed by atoms with Crippen LogP contribution in [0.25, 0.3) is 0 Å². The van der Waals surface area contributed by atoms with Gasteiger partial charge in [-0.3, -0.25) is 19.7 Å². The van der Waals surface area contributed by atoms with E-state index in [4.69, 9.17) is 24.1 Å². The summed E-state index contributed by atoms with van der Waals surface area (Å²) < 4.78 is 21.6. The number of nitro benzene ring substituents is 1. The third kappa shape index (κ3) is 20.6. The van der Waals surface area contributed by atoms with Crippen LogP contribution in [-0.4, -0.2) is 54.9 Å². The molecule has 274 valence electrons. The lowest BCUT2D eigenvalue weighted by atomic mass is 10.0. The molecular formula is C36H60N2O10. The maximum Gasteiger partial charge on any atom is 0.407 e. The second-order valence-electron chi connectivity index (χ2n) is 12.3. The van der Waals surface area contributed by atoms with Gasteiger partial charge in [0, 0.05) is 19.4 Å². The van der Waals surface area contributed by atoms with E-state index in [2.05, 4.69) is 12.2 Å². The van der Waals surface area contributed by atoms with Crippen LogP contribution in [0.4, 0.5) is 10.5 Å². The molecule has 48 heavy (non-hydrogen) atoms. The Bertz CT molecular complexity index is 1070. The molecule has 0 aliphatic heterocycles. The lowest BCUT2D eigenvalue weighted by Crippen LogP contribution is -2.26. The Labute approximate surface area is 286 Å². The average molecular weight is 681 g/mol. The molecule has 0 saturated carbocycles. The largest absolute Gasteiger partial charge is 0.493 e. The number of benzene rings is 1. The Balaban J connectivity index is 2.30. The highest BCUT2D eigenvalue weighted by molar-refractivity contribution is 5.69. The number of hydrogen-bond acceptors (Lipinski definition) is 9. The fraction of sp³-hybridized carbons (Fsp3) is 0.750. The molecule has 0 spiro atoms. The molecule has 0 bridgehead atoms. The minimum Gasteiger partial charge on any atom is -0.493 e. The van der Waals surface area contributed by atoms with Crippen LogP contribution < -0.4 is 14.8 Å². The van der Waals surface area contributed by atoms with Crippen LogP contribution >= 0.6 is 0 Å². The number of carbonyl (C=O) groups excluding carboxylic acids is 2. The normalized spacial score (nSPS) is 11.5. The Morgan fingerprint density at radius 1 is 0.792 bits per heavy atom. The summed E-state index contributed by atoms with van der Waals surface area (Å²) in [5.74, 6) is -0.863. The summed E-state index contributed by atoms with van der Waals surface area (Å²) in [6.45, 7) is 4.02. The quantitative estimate of drug-likeness (QED) is 0.0346. The van der Waals surface area contributed by atoms with E-state index in [1.807, 2.05) is 0 Å². The van der Waals surface area contributed by atoms with Crippen LogP contribution in [0, 0.1) is 10.1 Å². The number of aliphatic carboxylic acids is 1. The maximum absolute atomic E-state index is 12.2. The predicted molar refractivity (Wildman–Crippen MR) is 185 cm³/mol. The van der Waals surface area contributed by atoms with Crippen molar-refractivity contribution in [2.45, 2.75) is 148 Å². The van der Waals surface area contributed by atoms with E-state index in [9.17, 15) is 24.5 Å². The Morgan fingerprint density at radius 2 is 1.33 bits per heavy atom. The summed E-state index contributed by atoms with van der Waals surface area (Å²) in [5.41, 5.74) is -0.194. The zero-order valence-electron chi connectivity index (χ0n) is 29.6. The van der Waals surface area contributed by atoms with E-state index in [0.29, 0.717) is 25.7 Å². The smallest absolute Gasteiger partial charge is 0.407 e. The van der Waals surface area contributed by atoms with Crippen molar-refractivity contribution in [3.05, 3.63) is 27.8 Å². The van der Waals surface area contributed by atoms with E-state index in [1.54, 1.807) is 0 Å². The second-order valence-corrected chi connectivity index (χ2v) is 12.3. The monoisotopic (exact) mass is 680 g/mol. The first-order chi connectivity index (χ1) is 23.2. The van der Waals surface area contributed by atoms with Gasteiger partial charge in [0.05, 0.1) is 23.7 Å². The van der Waals surface area contributed by atoms with Crippen molar-refractivity contribution in [1.29, 1.82) is 0 Å². The van der Waals surface area contributed by atoms with Crippen LogP contribution in [-0.2, 0) is 19.1 Å². The van der Waals surface area contributed by atoms with Crippen LogP contribution in [0.2, 0.25) is 0 Å². The van der Waals surface area contributed by atoms with E-state index in [-0.39, 0.29) is 54.9 Å². The van der Waals surface area contributed by atoms with Gasteiger partial charge in [-0.2, -0.15) is 0 Å². The summed E-state index contributed by atoms with van der Waals surface area (Å²) in [7, 11) is 1.39. The number of nitrogens with zero attached hydrogens (tertiary/aromatic N) is 1. The molecular weight excluding hydrogens is 620 g/mol. The fourth-order valence-corrected chi connectivity index (χ4v) is 5.38. The molecule has 1 unspecified atom stereocenters. The molecule has 0 heterocycles. The van der Waals surface area contributed by atoms with Gasteiger partial charge < -0.3 is 29.4 Å². The first kappa shape index (κ1) is 42.5. The lowest BCUT2D eigenvalue weighted by Gasteiger charge is -2.17. The van der Waals surface area contributed by atoms with Gasteiger partial charge in [0.1, 0.15) is 19.3 Å². The van der Waals surface area contributed by atoms with Crippen molar-refractivity contribution in [2.75, 3.05) is 26.9 Å². The SMILES string of the molecule is CCCCCCCCCCCCCCCCCC(=O)OCCOc1cc([N+](=O)[O-])c(C(C)OC(=O)NCCCCCC(=O)O)cc1OC. The molecule has 1 aromatic rings. The highest BCUT2D eigenvalue weighted by Crippen LogP contribution is 2.38. The number of carboxylic acid groups (broad SMARTS) is 1. The summed E-state index contributed by atoms with van der Waals surface area (Å²) >= 11 is 0. The minimum atomic E-state index is -0.971. The fourth-order valence-electron chi connectivity index (χ4n) is 5.38. The zero-order valence-corrected chi connectivity index (χ0v) is 29.6. The summed E-state index contributed by atoms with van der Waals surface area (Å²) in [5, 5.41) is 23.1. The number of esters is 1. The number of amides is 1. The molecule has 0 radical (unpaired) electrons. The lowest BCUT2D eigenvalue weighted by molar-refractivity contribution is -0.386. The van der Waals surface area contributed by atoms with Crippen molar-refractivity contribution >= 4 is 23.7 Å². The molecule has 12 heteroatoms. The summed E-state index contributed by atoms with van der Waals surface area (Å²) in [6, 6.07) is 2.59. The molecule has 0 saturated heterocycles. The zero-order chi connectivity index (χ0) is 35.4. The molecule has 1 aromatic carbocycles. The van der Waals surface area contributed by atoms with Gasteiger partial charge in [-0.05, 0) is 32.3 Å². The third-order valence-electron chi connectivity index (χ3n) is 8.16. The summed E-state index contributed by atoms with van der Waals surface area (Å²) in [6.07, 6.45) is 19.2. The number of carbonyl (C=O) groups is 3. The first-order valence-electron chi connectivity index (χ1n) is 18.0. The molecule has 2 N–H and O–H groups in total.